The number of hydrogen-bond donors (Lipinski definition) is 2. The Labute approximate surface area is 109 Å². The molecule has 0 spiro atoms. The van der Waals surface area contributed by atoms with Crippen LogP contribution in [0.25, 0.3) is 0 Å². The maximum Gasteiger partial charge on any atom is 0.251 e. The van der Waals surface area contributed by atoms with Crippen molar-refractivity contribution in [2.75, 3.05) is 30.9 Å². The molecule has 0 radical (unpaired) electrons. The van der Waals surface area contributed by atoms with E-state index in [1.807, 2.05) is 6.26 Å². The van der Waals surface area contributed by atoms with Gasteiger partial charge in [-0.2, -0.15) is 11.8 Å². The molecular weight excluding hydrogens is 258 g/mol. The van der Waals surface area contributed by atoms with E-state index in [1.54, 1.807) is 11.8 Å². The smallest absolute Gasteiger partial charge is 0.251 e. The van der Waals surface area contributed by atoms with Crippen molar-refractivity contribution >= 4 is 23.4 Å². The van der Waals surface area contributed by atoms with Crippen LogP contribution in [0.2, 0.25) is 0 Å². The van der Waals surface area contributed by atoms with Gasteiger partial charge in [0, 0.05) is 19.2 Å². The van der Waals surface area contributed by atoms with Crippen LogP contribution in [0.15, 0.2) is 12.1 Å². The van der Waals surface area contributed by atoms with Crippen LogP contribution < -0.4 is 10.6 Å². The first-order valence-corrected chi connectivity index (χ1v) is 6.93. The summed E-state index contributed by atoms with van der Waals surface area (Å²) in [6, 6.07) is 2.05. The van der Waals surface area contributed by atoms with E-state index in [4.69, 9.17) is 0 Å². The summed E-state index contributed by atoms with van der Waals surface area (Å²) in [6.45, 7) is 0.497. The summed E-state index contributed by atoms with van der Waals surface area (Å²) in [7, 11) is 1.42. The minimum absolute atomic E-state index is 0.00634. The van der Waals surface area contributed by atoms with Crippen molar-refractivity contribution in [2.24, 2.45) is 0 Å². The average molecular weight is 274 g/mol. The fraction of sp³-hybridized carbons (Fsp3) is 0.417. The summed E-state index contributed by atoms with van der Waals surface area (Å²) in [5.41, 5.74) is -0.234. The van der Waals surface area contributed by atoms with E-state index in [0.717, 1.165) is 24.3 Å². The van der Waals surface area contributed by atoms with Gasteiger partial charge in [0.25, 0.3) is 5.91 Å². The molecule has 0 aliphatic heterocycles. The molecule has 0 atom stereocenters. The molecule has 100 valence electrons. The summed E-state index contributed by atoms with van der Waals surface area (Å²) in [5, 5.41) is 5.02. The number of rotatable bonds is 6. The zero-order valence-corrected chi connectivity index (χ0v) is 11.2. The molecule has 0 fully saturated rings. The second-order valence-electron chi connectivity index (χ2n) is 3.67. The lowest BCUT2D eigenvalue weighted by Crippen LogP contribution is -2.25. The Morgan fingerprint density at radius 2 is 1.94 bits per heavy atom. The van der Waals surface area contributed by atoms with E-state index in [0.29, 0.717) is 6.54 Å². The number of carbonyl (C=O) groups excluding carboxylic acids is 1. The van der Waals surface area contributed by atoms with Crippen LogP contribution in [0.1, 0.15) is 16.8 Å². The third-order valence-electron chi connectivity index (χ3n) is 2.37. The van der Waals surface area contributed by atoms with Gasteiger partial charge < -0.3 is 10.6 Å². The number of benzene rings is 1. The number of halogens is 2. The van der Waals surface area contributed by atoms with Crippen LogP contribution in [-0.4, -0.2) is 31.5 Å². The minimum atomic E-state index is -0.772. The number of nitrogens with one attached hydrogen (secondary N) is 2. The van der Waals surface area contributed by atoms with Gasteiger partial charge in [0.05, 0.1) is 0 Å². The van der Waals surface area contributed by atoms with Gasteiger partial charge in [-0.1, -0.05) is 0 Å². The highest BCUT2D eigenvalue weighted by molar-refractivity contribution is 7.98. The first-order valence-electron chi connectivity index (χ1n) is 5.54. The molecule has 0 aromatic heterocycles. The van der Waals surface area contributed by atoms with Crippen molar-refractivity contribution in [1.82, 2.24) is 5.32 Å². The second-order valence-corrected chi connectivity index (χ2v) is 4.65. The average Bonchev–Trinajstić information content (AvgIpc) is 2.34. The Kier molecular flexibility index (Phi) is 5.91. The largest absolute Gasteiger partial charge is 0.383 e. The van der Waals surface area contributed by atoms with Gasteiger partial charge in [-0.3, -0.25) is 4.79 Å². The Morgan fingerprint density at radius 1 is 1.33 bits per heavy atom. The molecule has 2 N–H and O–H groups in total. The quantitative estimate of drug-likeness (QED) is 0.783. The number of hydrogen-bond acceptors (Lipinski definition) is 3. The van der Waals surface area contributed by atoms with E-state index in [2.05, 4.69) is 10.6 Å². The molecular formula is C12H16F2N2OS. The van der Waals surface area contributed by atoms with Crippen molar-refractivity contribution in [3.05, 3.63) is 29.3 Å². The third-order valence-corrected chi connectivity index (χ3v) is 3.06. The van der Waals surface area contributed by atoms with Gasteiger partial charge >= 0.3 is 0 Å². The zero-order chi connectivity index (χ0) is 13.5. The first-order chi connectivity index (χ1) is 8.60. The Balaban J connectivity index is 2.69. The lowest BCUT2D eigenvalue weighted by atomic mass is 10.1. The molecule has 1 aromatic rings. The molecule has 0 unspecified atom stereocenters. The van der Waals surface area contributed by atoms with Gasteiger partial charge in [0.1, 0.15) is 17.3 Å². The van der Waals surface area contributed by atoms with E-state index in [1.165, 1.54) is 7.05 Å². The Morgan fingerprint density at radius 3 is 2.44 bits per heavy atom. The van der Waals surface area contributed by atoms with Crippen LogP contribution in [0.5, 0.6) is 0 Å². The zero-order valence-electron chi connectivity index (χ0n) is 10.3. The molecule has 3 nitrogen and oxygen atoms in total. The van der Waals surface area contributed by atoms with Crippen molar-refractivity contribution in [1.29, 1.82) is 0 Å². The lowest BCUT2D eigenvalue weighted by molar-refractivity contribution is 0.0953. The Bertz CT molecular complexity index is 404. The SMILES string of the molecule is CNc1c(F)cc(C(=O)NCCCSC)cc1F. The highest BCUT2D eigenvalue weighted by atomic mass is 32.2. The predicted molar refractivity (Wildman–Crippen MR) is 71.2 cm³/mol. The van der Waals surface area contributed by atoms with Crippen LogP contribution in [0.4, 0.5) is 14.5 Å². The summed E-state index contributed by atoms with van der Waals surface area (Å²) < 4.78 is 26.9. The number of amides is 1. The normalized spacial score (nSPS) is 10.2. The molecule has 18 heavy (non-hydrogen) atoms. The minimum Gasteiger partial charge on any atom is -0.383 e. The predicted octanol–water partition coefficient (Wildman–Crippen LogP) is 2.49. The van der Waals surface area contributed by atoms with Gasteiger partial charge in [0.2, 0.25) is 0 Å². The van der Waals surface area contributed by atoms with E-state index in [-0.39, 0.29) is 11.3 Å². The Hall–Kier alpha value is -1.30. The van der Waals surface area contributed by atoms with Crippen molar-refractivity contribution in [2.45, 2.75) is 6.42 Å². The molecule has 0 aliphatic rings. The van der Waals surface area contributed by atoms with E-state index in [9.17, 15) is 13.6 Å². The lowest BCUT2D eigenvalue weighted by Gasteiger charge is -2.08. The molecule has 0 saturated heterocycles. The van der Waals surface area contributed by atoms with Gasteiger partial charge in [-0.05, 0) is 30.6 Å². The van der Waals surface area contributed by atoms with Crippen LogP contribution in [0, 0.1) is 11.6 Å². The highest BCUT2D eigenvalue weighted by Gasteiger charge is 2.13. The van der Waals surface area contributed by atoms with Gasteiger partial charge in [0.15, 0.2) is 0 Å². The molecule has 0 bridgehead atoms. The van der Waals surface area contributed by atoms with E-state index >= 15 is 0 Å². The molecule has 0 aliphatic carbocycles. The van der Waals surface area contributed by atoms with Crippen LogP contribution in [0.3, 0.4) is 0 Å². The summed E-state index contributed by atoms with van der Waals surface area (Å²) in [4.78, 5) is 11.6. The van der Waals surface area contributed by atoms with Crippen molar-refractivity contribution in [3.63, 3.8) is 0 Å². The second kappa shape index (κ2) is 7.20. The fourth-order valence-electron chi connectivity index (χ4n) is 1.46. The van der Waals surface area contributed by atoms with Crippen molar-refractivity contribution in [3.8, 4) is 0 Å². The molecule has 1 amide bonds. The van der Waals surface area contributed by atoms with Crippen LogP contribution >= 0.6 is 11.8 Å². The number of carbonyl (C=O) groups is 1. The van der Waals surface area contributed by atoms with Gasteiger partial charge in [-0.25, -0.2) is 8.78 Å². The third kappa shape index (κ3) is 3.87. The molecule has 6 heteroatoms. The molecule has 1 rings (SSSR count). The first kappa shape index (κ1) is 14.8. The molecule has 0 heterocycles. The standard InChI is InChI=1S/C12H16F2N2OS/c1-15-11-9(13)6-8(7-10(11)14)12(17)16-4-3-5-18-2/h6-7,15H,3-5H2,1-2H3,(H,16,17). The maximum absolute atomic E-state index is 13.4. The van der Waals surface area contributed by atoms with E-state index < -0.39 is 17.5 Å². The highest BCUT2D eigenvalue weighted by Crippen LogP contribution is 2.20. The summed E-state index contributed by atoms with van der Waals surface area (Å²) >= 11 is 1.68. The maximum atomic E-state index is 13.4. The summed E-state index contributed by atoms with van der Waals surface area (Å²) in [6.07, 6.45) is 2.80. The number of thioether (sulfide) groups is 1. The van der Waals surface area contributed by atoms with Gasteiger partial charge in [-0.15, -0.1) is 0 Å². The molecule has 1 aromatic carbocycles. The fourth-order valence-corrected chi connectivity index (χ4v) is 1.90. The monoisotopic (exact) mass is 274 g/mol. The van der Waals surface area contributed by atoms with Crippen LogP contribution in [-0.2, 0) is 0 Å². The number of anilines is 1. The van der Waals surface area contributed by atoms with Crippen molar-refractivity contribution < 1.29 is 13.6 Å². The topological polar surface area (TPSA) is 41.1 Å². The molecule has 0 saturated carbocycles. The summed E-state index contributed by atoms with van der Waals surface area (Å²) in [5.74, 6) is -1.07.